The topological polar surface area (TPSA) is 62.3 Å². The molecule has 0 saturated heterocycles. The molecule has 0 saturated carbocycles. The first-order chi connectivity index (χ1) is 9.24. The molecule has 2 rings (SSSR count). The molecular weight excluding hydrogens is 242 g/mol. The summed E-state index contributed by atoms with van der Waals surface area (Å²) in [6, 6.07) is 5.74. The Hall–Kier alpha value is -2.01. The molecule has 0 aliphatic rings. The van der Waals surface area contributed by atoms with E-state index >= 15 is 0 Å². The van der Waals surface area contributed by atoms with Crippen LogP contribution in [0.25, 0.3) is 0 Å². The average Bonchev–Trinajstić information content (AvgIpc) is 2.83. The van der Waals surface area contributed by atoms with Crippen molar-refractivity contribution in [1.82, 2.24) is 9.55 Å². The Kier molecular flexibility index (Phi) is 4.41. The zero-order chi connectivity index (χ0) is 13.7. The van der Waals surface area contributed by atoms with Crippen LogP contribution in [0.5, 0.6) is 11.5 Å². The van der Waals surface area contributed by atoms with Crippen LogP contribution in [0.4, 0.5) is 0 Å². The highest BCUT2D eigenvalue weighted by molar-refractivity contribution is 5.43. The lowest BCUT2D eigenvalue weighted by atomic mass is 10.2. The molecule has 2 N–H and O–H groups in total. The quantitative estimate of drug-likeness (QED) is 0.862. The molecule has 0 atom stereocenters. The summed E-state index contributed by atoms with van der Waals surface area (Å²) >= 11 is 0. The van der Waals surface area contributed by atoms with E-state index in [-0.39, 0.29) is 0 Å². The zero-order valence-electron chi connectivity index (χ0n) is 11.3. The van der Waals surface area contributed by atoms with Gasteiger partial charge in [0, 0.05) is 26.0 Å². The van der Waals surface area contributed by atoms with Gasteiger partial charge in [0.1, 0.15) is 12.4 Å². The summed E-state index contributed by atoms with van der Waals surface area (Å²) < 4.78 is 13.3. The van der Waals surface area contributed by atoms with E-state index < -0.39 is 0 Å². The summed E-state index contributed by atoms with van der Waals surface area (Å²) in [6.45, 7) is 3.43. The fraction of sp³-hybridized carbons (Fsp3) is 0.357. The Morgan fingerprint density at radius 2 is 2.11 bits per heavy atom. The third-order valence-electron chi connectivity index (χ3n) is 2.82. The van der Waals surface area contributed by atoms with Crippen molar-refractivity contribution in [3.8, 4) is 11.5 Å². The second kappa shape index (κ2) is 6.24. The number of hydrogen-bond acceptors (Lipinski definition) is 4. The number of ether oxygens (including phenoxy) is 2. The molecule has 1 aromatic heterocycles. The molecule has 5 heteroatoms. The number of benzene rings is 1. The number of aromatic nitrogens is 2. The van der Waals surface area contributed by atoms with E-state index in [1.54, 1.807) is 6.20 Å². The molecule has 1 heterocycles. The van der Waals surface area contributed by atoms with Crippen LogP contribution in [-0.2, 0) is 20.2 Å². The van der Waals surface area contributed by atoms with E-state index in [0.29, 0.717) is 25.5 Å². The van der Waals surface area contributed by atoms with Gasteiger partial charge < -0.3 is 19.8 Å². The van der Waals surface area contributed by atoms with Gasteiger partial charge in [0.05, 0.1) is 6.61 Å². The summed E-state index contributed by atoms with van der Waals surface area (Å²) in [6.07, 6.45) is 3.64. The van der Waals surface area contributed by atoms with Gasteiger partial charge >= 0.3 is 0 Å². The molecule has 0 fully saturated rings. The molecule has 102 valence electrons. The Bertz CT molecular complexity index is 537. The SMILES string of the molecule is CCOc1cc(CN)ccc1OCc1nccn1C. The van der Waals surface area contributed by atoms with Crippen molar-refractivity contribution in [2.24, 2.45) is 12.8 Å². The number of aryl methyl sites for hydroxylation is 1. The predicted octanol–water partition coefficient (Wildman–Crippen LogP) is 1.86. The van der Waals surface area contributed by atoms with E-state index in [4.69, 9.17) is 15.2 Å². The number of hydrogen-bond donors (Lipinski definition) is 1. The summed E-state index contributed by atoms with van der Waals surface area (Å²) in [7, 11) is 1.94. The van der Waals surface area contributed by atoms with Crippen LogP contribution in [0, 0.1) is 0 Å². The van der Waals surface area contributed by atoms with Crippen molar-refractivity contribution < 1.29 is 9.47 Å². The van der Waals surface area contributed by atoms with Crippen LogP contribution in [0.1, 0.15) is 18.3 Å². The van der Waals surface area contributed by atoms with Crippen molar-refractivity contribution in [3.63, 3.8) is 0 Å². The monoisotopic (exact) mass is 261 g/mol. The van der Waals surface area contributed by atoms with Crippen LogP contribution >= 0.6 is 0 Å². The third-order valence-corrected chi connectivity index (χ3v) is 2.82. The Balaban J connectivity index is 2.12. The fourth-order valence-electron chi connectivity index (χ4n) is 1.74. The van der Waals surface area contributed by atoms with Gasteiger partial charge in [-0.25, -0.2) is 4.98 Å². The molecule has 0 spiro atoms. The lowest BCUT2D eigenvalue weighted by Crippen LogP contribution is -2.05. The normalized spacial score (nSPS) is 10.5. The molecule has 5 nitrogen and oxygen atoms in total. The molecule has 0 aliphatic carbocycles. The zero-order valence-corrected chi connectivity index (χ0v) is 11.3. The molecule has 0 unspecified atom stereocenters. The summed E-state index contributed by atoms with van der Waals surface area (Å²) in [4.78, 5) is 4.22. The molecule has 0 aliphatic heterocycles. The van der Waals surface area contributed by atoms with Crippen molar-refractivity contribution in [1.29, 1.82) is 0 Å². The van der Waals surface area contributed by atoms with Gasteiger partial charge in [0.2, 0.25) is 0 Å². The Morgan fingerprint density at radius 1 is 1.26 bits per heavy atom. The largest absolute Gasteiger partial charge is 0.490 e. The Morgan fingerprint density at radius 3 is 2.74 bits per heavy atom. The molecule has 19 heavy (non-hydrogen) atoms. The molecule has 0 amide bonds. The first-order valence-corrected chi connectivity index (χ1v) is 6.29. The summed E-state index contributed by atoms with van der Waals surface area (Å²) in [5.41, 5.74) is 6.65. The minimum absolute atomic E-state index is 0.408. The second-order valence-electron chi connectivity index (χ2n) is 4.16. The maximum atomic E-state index is 5.77. The van der Waals surface area contributed by atoms with E-state index in [2.05, 4.69) is 4.98 Å². The van der Waals surface area contributed by atoms with Crippen molar-refractivity contribution in [2.45, 2.75) is 20.1 Å². The van der Waals surface area contributed by atoms with E-state index in [9.17, 15) is 0 Å². The van der Waals surface area contributed by atoms with Gasteiger partial charge in [0.15, 0.2) is 11.5 Å². The van der Waals surface area contributed by atoms with Gasteiger partial charge in [-0.15, -0.1) is 0 Å². The second-order valence-corrected chi connectivity index (χ2v) is 4.16. The highest BCUT2D eigenvalue weighted by atomic mass is 16.5. The van der Waals surface area contributed by atoms with Crippen molar-refractivity contribution >= 4 is 0 Å². The fourth-order valence-corrected chi connectivity index (χ4v) is 1.74. The maximum Gasteiger partial charge on any atom is 0.161 e. The number of nitrogens with two attached hydrogens (primary N) is 1. The van der Waals surface area contributed by atoms with E-state index in [1.165, 1.54) is 0 Å². The summed E-state index contributed by atoms with van der Waals surface area (Å²) in [5, 5.41) is 0. The van der Waals surface area contributed by atoms with Crippen LogP contribution in [0.15, 0.2) is 30.6 Å². The smallest absolute Gasteiger partial charge is 0.161 e. The predicted molar refractivity (Wildman–Crippen MR) is 73.0 cm³/mol. The minimum atomic E-state index is 0.408. The summed E-state index contributed by atoms with van der Waals surface area (Å²) in [5.74, 6) is 2.30. The average molecular weight is 261 g/mol. The number of rotatable bonds is 6. The first-order valence-electron chi connectivity index (χ1n) is 6.29. The van der Waals surface area contributed by atoms with Gasteiger partial charge in [-0.05, 0) is 24.6 Å². The minimum Gasteiger partial charge on any atom is -0.490 e. The molecule has 2 aromatic rings. The molecule has 0 radical (unpaired) electrons. The lowest BCUT2D eigenvalue weighted by molar-refractivity contribution is 0.260. The van der Waals surface area contributed by atoms with Gasteiger partial charge in [-0.1, -0.05) is 6.07 Å². The molecule has 1 aromatic carbocycles. The van der Waals surface area contributed by atoms with Crippen LogP contribution < -0.4 is 15.2 Å². The van der Waals surface area contributed by atoms with Crippen molar-refractivity contribution in [2.75, 3.05) is 6.61 Å². The number of imidazole rings is 1. The first kappa shape index (κ1) is 13.4. The van der Waals surface area contributed by atoms with Crippen LogP contribution in [-0.4, -0.2) is 16.2 Å². The highest BCUT2D eigenvalue weighted by Crippen LogP contribution is 2.29. The van der Waals surface area contributed by atoms with Crippen LogP contribution in [0.2, 0.25) is 0 Å². The van der Waals surface area contributed by atoms with Gasteiger partial charge in [-0.2, -0.15) is 0 Å². The molecular formula is C14H19N3O2. The lowest BCUT2D eigenvalue weighted by Gasteiger charge is -2.13. The third kappa shape index (κ3) is 3.26. The maximum absolute atomic E-state index is 5.77. The van der Waals surface area contributed by atoms with E-state index in [0.717, 1.165) is 17.1 Å². The highest BCUT2D eigenvalue weighted by Gasteiger charge is 2.08. The van der Waals surface area contributed by atoms with Gasteiger partial charge in [-0.3, -0.25) is 0 Å². The van der Waals surface area contributed by atoms with Crippen LogP contribution in [0.3, 0.4) is 0 Å². The Labute approximate surface area is 113 Å². The van der Waals surface area contributed by atoms with E-state index in [1.807, 2.05) is 42.9 Å². The van der Waals surface area contributed by atoms with Crippen molar-refractivity contribution in [3.05, 3.63) is 42.0 Å². The standard InChI is InChI=1S/C14H19N3O2/c1-3-18-13-8-11(9-15)4-5-12(13)19-10-14-16-6-7-17(14)2/h4-8H,3,9-10,15H2,1-2H3. The molecule has 0 bridgehead atoms. The number of nitrogens with zero attached hydrogens (tertiary/aromatic N) is 2. The van der Waals surface area contributed by atoms with Gasteiger partial charge in [0.25, 0.3) is 0 Å².